The fourth-order valence-electron chi connectivity index (χ4n) is 1.48. The molecule has 8 heteroatoms. The summed E-state index contributed by atoms with van der Waals surface area (Å²) in [5.74, 6) is 0.278. The summed E-state index contributed by atoms with van der Waals surface area (Å²) in [5, 5.41) is 29.0. The van der Waals surface area contributed by atoms with Gasteiger partial charge in [-0.25, -0.2) is 0 Å². The summed E-state index contributed by atoms with van der Waals surface area (Å²) in [7, 11) is -1.51. The van der Waals surface area contributed by atoms with Gasteiger partial charge < -0.3 is 15.4 Å². The van der Waals surface area contributed by atoms with E-state index >= 15 is 0 Å². The second-order valence-electron chi connectivity index (χ2n) is 3.98. The first-order valence-electron chi connectivity index (χ1n) is 5.56. The van der Waals surface area contributed by atoms with E-state index in [2.05, 4.69) is 15.5 Å². The van der Waals surface area contributed by atoms with Gasteiger partial charge in [0, 0.05) is 0 Å². The van der Waals surface area contributed by atoms with Gasteiger partial charge in [0.15, 0.2) is 5.17 Å². The van der Waals surface area contributed by atoms with Gasteiger partial charge >= 0.3 is 7.12 Å². The molecule has 0 unspecified atom stereocenters. The van der Waals surface area contributed by atoms with Gasteiger partial charge in [0.25, 0.3) is 0 Å². The van der Waals surface area contributed by atoms with E-state index in [0.717, 1.165) is 11.1 Å². The smallest absolute Gasteiger partial charge is 0.423 e. The van der Waals surface area contributed by atoms with Crippen LogP contribution in [0.25, 0.3) is 0 Å². The highest BCUT2D eigenvalue weighted by Crippen LogP contribution is 2.09. The molecular weight excluding hydrogens is 265 g/mol. The molecule has 0 radical (unpaired) electrons. The van der Waals surface area contributed by atoms with Crippen LogP contribution in [-0.4, -0.2) is 40.2 Å². The number of aryl methyl sites for hydroxylation is 1. The lowest BCUT2D eigenvalue weighted by atomic mass is 9.79. The quantitative estimate of drug-likeness (QED) is 0.384. The number of hydrogen-bond donors (Lipinski definition) is 3. The summed E-state index contributed by atoms with van der Waals surface area (Å²) in [5.41, 5.74) is 2.07. The summed E-state index contributed by atoms with van der Waals surface area (Å²) in [6, 6.07) is 5.04. The number of nitrogens with one attached hydrogen (secondary N) is 1. The summed E-state index contributed by atoms with van der Waals surface area (Å²) >= 11 is 1.29. The van der Waals surface area contributed by atoms with Gasteiger partial charge in [-0.05, 0) is 23.5 Å². The number of rotatable bonds is 3. The minimum absolute atomic E-state index is 0.0828. The molecule has 19 heavy (non-hydrogen) atoms. The van der Waals surface area contributed by atoms with E-state index in [4.69, 9.17) is 10.0 Å². The van der Waals surface area contributed by atoms with Crippen molar-refractivity contribution in [1.82, 2.24) is 5.32 Å². The first-order chi connectivity index (χ1) is 9.06. The highest BCUT2D eigenvalue weighted by Gasteiger charge is 2.16. The number of carbonyl (C=O) groups excluding carboxylic acids is 1. The zero-order valence-corrected chi connectivity index (χ0v) is 11.0. The Kier molecular flexibility index (Phi) is 4.36. The SMILES string of the molecule is Cc1ccc(B(O)O)cc1C=NN=C1NC(=O)CS1. The molecule has 1 fully saturated rings. The summed E-state index contributed by atoms with van der Waals surface area (Å²) in [6.45, 7) is 1.88. The molecule has 1 aromatic rings. The van der Waals surface area contributed by atoms with Crippen LogP contribution in [-0.2, 0) is 4.79 Å². The standard InChI is InChI=1S/C11H12BN3O3S/c1-7-2-3-9(12(17)18)4-8(7)5-13-15-11-14-10(16)6-19-11/h2-5,17-18H,6H2,1H3,(H,14,15,16). The molecule has 0 saturated carbocycles. The topological polar surface area (TPSA) is 94.3 Å². The average molecular weight is 277 g/mol. The zero-order valence-electron chi connectivity index (χ0n) is 10.2. The molecule has 2 rings (SSSR count). The summed E-state index contributed by atoms with van der Waals surface area (Å²) < 4.78 is 0. The molecule has 1 aromatic carbocycles. The third-order valence-corrected chi connectivity index (χ3v) is 3.40. The molecule has 1 amide bonds. The van der Waals surface area contributed by atoms with Crippen LogP contribution in [0.5, 0.6) is 0 Å². The summed E-state index contributed by atoms with van der Waals surface area (Å²) in [6.07, 6.45) is 1.51. The van der Waals surface area contributed by atoms with Crippen molar-refractivity contribution in [2.75, 3.05) is 5.75 Å². The Hall–Kier alpha value is -1.64. The van der Waals surface area contributed by atoms with E-state index in [1.54, 1.807) is 18.2 Å². The number of amidine groups is 1. The molecule has 1 aliphatic rings. The molecule has 98 valence electrons. The number of nitrogens with zero attached hydrogens (tertiary/aromatic N) is 2. The van der Waals surface area contributed by atoms with Crippen molar-refractivity contribution in [3.8, 4) is 0 Å². The average Bonchev–Trinajstić information content (AvgIpc) is 2.77. The van der Waals surface area contributed by atoms with E-state index in [9.17, 15) is 4.79 Å². The van der Waals surface area contributed by atoms with Gasteiger partial charge in [-0.2, -0.15) is 5.10 Å². The maximum absolute atomic E-state index is 10.9. The van der Waals surface area contributed by atoms with Crippen molar-refractivity contribution in [3.05, 3.63) is 29.3 Å². The normalized spacial score (nSPS) is 17.2. The van der Waals surface area contributed by atoms with Crippen LogP contribution in [0.4, 0.5) is 0 Å². The molecule has 0 aliphatic carbocycles. The van der Waals surface area contributed by atoms with Crippen LogP contribution in [0.15, 0.2) is 28.4 Å². The molecule has 1 aliphatic heterocycles. The van der Waals surface area contributed by atoms with E-state index in [1.165, 1.54) is 18.0 Å². The highest BCUT2D eigenvalue weighted by molar-refractivity contribution is 8.15. The largest absolute Gasteiger partial charge is 0.488 e. The predicted octanol–water partition coefficient (Wildman–Crippen LogP) is -0.772. The molecular formula is C11H12BN3O3S. The Morgan fingerprint density at radius 3 is 2.89 bits per heavy atom. The maximum Gasteiger partial charge on any atom is 0.488 e. The molecule has 3 N–H and O–H groups in total. The first kappa shape index (κ1) is 13.8. The monoisotopic (exact) mass is 277 g/mol. The fourth-order valence-corrected chi connectivity index (χ4v) is 2.11. The fraction of sp³-hybridized carbons (Fsp3) is 0.182. The number of thioether (sulfide) groups is 1. The molecule has 1 saturated heterocycles. The first-order valence-corrected chi connectivity index (χ1v) is 6.55. The molecule has 6 nitrogen and oxygen atoms in total. The second kappa shape index (κ2) is 6.00. The lowest BCUT2D eigenvalue weighted by Gasteiger charge is -2.03. The van der Waals surface area contributed by atoms with Crippen molar-refractivity contribution in [2.45, 2.75) is 6.92 Å². The van der Waals surface area contributed by atoms with Crippen molar-refractivity contribution < 1.29 is 14.8 Å². The number of amides is 1. The lowest BCUT2D eigenvalue weighted by molar-refractivity contribution is -0.116. The number of hydrogen-bond acceptors (Lipinski definition) is 6. The minimum atomic E-state index is -1.51. The number of carbonyl (C=O) groups is 1. The van der Waals surface area contributed by atoms with Crippen LogP contribution in [0.2, 0.25) is 0 Å². The summed E-state index contributed by atoms with van der Waals surface area (Å²) in [4.78, 5) is 10.9. The Morgan fingerprint density at radius 1 is 1.47 bits per heavy atom. The van der Waals surface area contributed by atoms with Gasteiger partial charge in [-0.1, -0.05) is 30.0 Å². The van der Waals surface area contributed by atoms with Crippen LogP contribution < -0.4 is 10.8 Å². The number of benzene rings is 1. The Bertz CT molecular complexity index is 560. The van der Waals surface area contributed by atoms with Crippen LogP contribution >= 0.6 is 11.8 Å². The van der Waals surface area contributed by atoms with E-state index < -0.39 is 7.12 Å². The Labute approximate surface area is 114 Å². The van der Waals surface area contributed by atoms with Crippen molar-refractivity contribution in [3.63, 3.8) is 0 Å². The predicted molar refractivity (Wildman–Crippen MR) is 76.6 cm³/mol. The third-order valence-electron chi connectivity index (χ3n) is 2.53. The van der Waals surface area contributed by atoms with E-state index in [-0.39, 0.29) is 5.91 Å². The van der Waals surface area contributed by atoms with Crippen molar-refractivity contribution >= 4 is 41.6 Å². The van der Waals surface area contributed by atoms with Crippen LogP contribution in [0.3, 0.4) is 0 Å². The zero-order chi connectivity index (χ0) is 13.8. The molecule has 0 bridgehead atoms. The van der Waals surface area contributed by atoms with Crippen molar-refractivity contribution in [2.24, 2.45) is 10.2 Å². The van der Waals surface area contributed by atoms with E-state index in [1.807, 2.05) is 6.92 Å². The van der Waals surface area contributed by atoms with Gasteiger partial charge in [0.1, 0.15) is 0 Å². The lowest BCUT2D eigenvalue weighted by Crippen LogP contribution is -2.30. The third kappa shape index (κ3) is 3.66. The van der Waals surface area contributed by atoms with Gasteiger partial charge in [0.05, 0.1) is 12.0 Å². The Morgan fingerprint density at radius 2 is 2.26 bits per heavy atom. The second-order valence-corrected chi connectivity index (χ2v) is 4.94. The molecule has 0 atom stereocenters. The molecule has 1 heterocycles. The maximum atomic E-state index is 10.9. The van der Waals surface area contributed by atoms with Crippen LogP contribution in [0.1, 0.15) is 11.1 Å². The molecule has 0 aromatic heterocycles. The van der Waals surface area contributed by atoms with E-state index in [0.29, 0.717) is 16.4 Å². The van der Waals surface area contributed by atoms with Gasteiger partial charge in [-0.3, -0.25) is 4.79 Å². The minimum Gasteiger partial charge on any atom is -0.423 e. The van der Waals surface area contributed by atoms with Crippen LogP contribution in [0, 0.1) is 6.92 Å². The van der Waals surface area contributed by atoms with Crippen molar-refractivity contribution in [1.29, 1.82) is 0 Å². The van der Waals surface area contributed by atoms with Gasteiger partial charge in [0.2, 0.25) is 5.91 Å². The molecule has 0 spiro atoms. The highest BCUT2D eigenvalue weighted by atomic mass is 32.2. The van der Waals surface area contributed by atoms with Gasteiger partial charge in [-0.15, -0.1) is 5.10 Å². The Balaban J connectivity index is 2.14.